The molecule has 0 aromatic heterocycles. The van der Waals surface area contributed by atoms with Crippen LogP contribution < -0.4 is 5.73 Å². The summed E-state index contributed by atoms with van der Waals surface area (Å²) in [6.45, 7) is 1.66. The molecule has 1 aliphatic rings. The van der Waals surface area contributed by atoms with Crippen molar-refractivity contribution < 1.29 is 9.53 Å². The molecule has 1 aliphatic carbocycles. The molecule has 6 nitrogen and oxygen atoms in total. The van der Waals surface area contributed by atoms with Gasteiger partial charge >= 0.3 is 0 Å². The summed E-state index contributed by atoms with van der Waals surface area (Å²) in [4.78, 5) is 14.1. The van der Waals surface area contributed by atoms with Crippen LogP contribution in [0.5, 0.6) is 0 Å². The predicted octanol–water partition coefficient (Wildman–Crippen LogP) is 3.54. The summed E-state index contributed by atoms with van der Waals surface area (Å²) in [5.41, 5.74) is 5.62. The molecule has 0 saturated heterocycles. The highest BCUT2D eigenvalue weighted by molar-refractivity contribution is 6.42. The Labute approximate surface area is 172 Å². The van der Waals surface area contributed by atoms with E-state index in [1.807, 2.05) is 30.3 Å². The van der Waals surface area contributed by atoms with E-state index in [1.54, 1.807) is 12.0 Å². The number of halogens is 1. The first kappa shape index (κ1) is 24.0. The van der Waals surface area contributed by atoms with Gasteiger partial charge in [-0.2, -0.15) is 0 Å². The molecular formula is C21H31ClN4O2. The summed E-state index contributed by atoms with van der Waals surface area (Å²) in [7, 11) is 1.61. The van der Waals surface area contributed by atoms with E-state index in [0.29, 0.717) is 25.6 Å². The predicted molar refractivity (Wildman–Crippen MR) is 115 cm³/mol. The molecule has 1 saturated carbocycles. The lowest BCUT2D eigenvalue weighted by atomic mass is 9.85. The Balaban J connectivity index is 0.000000467. The van der Waals surface area contributed by atoms with Crippen molar-refractivity contribution in [3.63, 3.8) is 0 Å². The van der Waals surface area contributed by atoms with Crippen LogP contribution in [0.15, 0.2) is 42.5 Å². The molecule has 4 N–H and O–H groups in total. The number of methoxy groups -OCH3 is 1. The topological polar surface area (TPSA) is 103 Å². The smallest absolute Gasteiger partial charge is 0.272 e. The second-order valence-corrected chi connectivity index (χ2v) is 7.07. The third-order valence-corrected chi connectivity index (χ3v) is 4.96. The molecule has 1 amide bonds. The fourth-order valence-corrected chi connectivity index (χ4v) is 3.26. The molecule has 0 unspecified atom stereocenters. The number of hydrogen-bond donors (Lipinski definition) is 3. The van der Waals surface area contributed by atoms with Gasteiger partial charge < -0.3 is 20.8 Å². The number of rotatable bonds is 8. The lowest BCUT2D eigenvalue weighted by molar-refractivity contribution is -0.127. The van der Waals surface area contributed by atoms with Crippen molar-refractivity contribution in [1.82, 2.24) is 4.90 Å². The van der Waals surface area contributed by atoms with Crippen molar-refractivity contribution in [1.29, 1.82) is 10.8 Å². The monoisotopic (exact) mass is 406 g/mol. The van der Waals surface area contributed by atoms with Gasteiger partial charge in [0.2, 0.25) is 0 Å². The minimum atomic E-state index is -0.290. The summed E-state index contributed by atoms with van der Waals surface area (Å²) in [5, 5.41) is 15.5. The zero-order valence-electron chi connectivity index (χ0n) is 16.4. The van der Waals surface area contributed by atoms with E-state index >= 15 is 0 Å². The maximum absolute atomic E-state index is 12.4. The first-order valence-electron chi connectivity index (χ1n) is 9.49. The van der Waals surface area contributed by atoms with Crippen molar-refractivity contribution in [2.45, 2.75) is 31.7 Å². The zero-order chi connectivity index (χ0) is 20.8. The van der Waals surface area contributed by atoms with E-state index in [2.05, 4.69) is 0 Å². The fourth-order valence-electron chi connectivity index (χ4n) is 3.12. The van der Waals surface area contributed by atoms with Crippen LogP contribution in [-0.4, -0.2) is 55.6 Å². The number of amides is 1. The van der Waals surface area contributed by atoms with Gasteiger partial charge in [-0.05, 0) is 62.4 Å². The van der Waals surface area contributed by atoms with Crippen LogP contribution in [0.1, 0.15) is 25.7 Å². The second kappa shape index (κ2) is 14.0. The van der Waals surface area contributed by atoms with Crippen LogP contribution in [0.2, 0.25) is 5.02 Å². The number of carbonyl (C=O) groups is 1. The van der Waals surface area contributed by atoms with Gasteiger partial charge in [-0.1, -0.05) is 29.8 Å². The molecule has 0 atom stereocenters. The molecule has 0 aliphatic heterocycles. The minimum Gasteiger partial charge on any atom is -0.383 e. The van der Waals surface area contributed by atoms with Crippen molar-refractivity contribution >= 4 is 29.4 Å². The quantitative estimate of drug-likeness (QED) is 0.575. The highest BCUT2D eigenvalue weighted by Gasteiger charge is 2.29. The molecular weight excluding hydrogens is 376 g/mol. The average molecular weight is 407 g/mol. The molecule has 0 spiro atoms. The number of ether oxygens (including phenoxy) is 1. The van der Waals surface area contributed by atoms with Crippen molar-refractivity contribution in [2.24, 2.45) is 11.7 Å². The molecule has 7 heteroatoms. The molecule has 1 fully saturated rings. The molecule has 28 heavy (non-hydrogen) atoms. The standard InChI is InChI=1S/C15H26N4O2.C6H5Cl/c1-21-10-9-19(15(20)14(18)3-2-8-16)13-6-4-12(11-17)5-7-13;7-6-4-2-1-3-5-6/h2-3,8,12-13,16,18H,4-7,9-11,17H2,1H3;1-5H/b3-2-,16-8?,18-14?;. The average Bonchev–Trinajstić information content (AvgIpc) is 2.73. The van der Waals surface area contributed by atoms with Gasteiger partial charge in [0.1, 0.15) is 5.71 Å². The van der Waals surface area contributed by atoms with Crippen molar-refractivity contribution in [3.8, 4) is 0 Å². The number of carbonyl (C=O) groups excluding carboxylic acids is 1. The molecule has 154 valence electrons. The molecule has 1 aromatic rings. The number of nitrogens with two attached hydrogens (primary N) is 1. The number of hydrogen-bond acceptors (Lipinski definition) is 5. The van der Waals surface area contributed by atoms with Crippen LogP contribution >= 0.6 is 11.6 Å². The Hall–Kier alpha value is -2.02. The van der Waals surface area contributed by atoms with Crippen molar-refractivity contribution in [2.75, 3.05) is 26.8 Å². The Morgan fingerprint density at radius 1 is 1.29 bits per heavy atom. The zero-order valence-corrected chi connectivity index (χ0v) is 17.2. The normalized spacial score (nSPS) is 18.8. The van der Waals surface area contributed by atoms with Crippen LogP contribution in [0, 0.1) is 16.7 Å². The SMILES string of the molecule is COCCN(C(=O)C(=N)/C=C\C=N)C1CCC(CN)CC1.Clc1ccccc1. The van der Waals surface area contributed by atoms with Crippen LogP contribution in [-0.2, 0) is 9.53 Å². The fraction of sp³-hybridized carbons (Fsp3) is 0.476. The molecule has 0 bridgehead atoms. The Bertz CT molecular complexity index is 629. The first-order chi connectivity index (χ1) is 13.5. The van der Waals surface area contributed by atoms with Crippen LogP contribution in [0.4, 0.5) is 0 Å². The van der Waals surface area contributed by atoms with E-state index in [-0.39, 0.29) is 17.7 Å². The largest absolute Gasteiger partial charge is 0.383 e. The lowest BCUT2D eigenvalue weighted by Gasteiger charge is -2.36. The van der Waals surface area contributed by atoms with Gasteiger partial charge in [0.05, 0.1) is 6.61 Å². The van der Waals surface area contributed by atoms with Gasteiger partial charge in [0, 0.05) is 30.9 Å². The molecule has 2 rings (SSSR count). The number of nitrogens with zero attached hydrogens (tertiary/aromatic N) is 1. The van der Waals surface area contributed by atoms with Gasteiger partial charge in [-0.3, -0.25) is 10.2 Å². The van der Waals surface area contributed by atoms with Crippen LogP contribution in [0.25, 0.3) is 0 Å². The molecule has 0 heterocycles. The maximum atomic E-state index is 12.4. The summed E-state index contributed by atoms with van der Waals surface area (Å²) < 4.78 is 5.08. The Kier molecular flexibility index (Phi) is 12.0. The van der Waals surface area contributed by atoms with E-state index in [4.69, 9.17) is 32.9 Å². The highest BCUT2D eigenvalue weighted by Crippen LogP contribution is 2.27. The van der Waals surface area contributed by atoms with E-state index < -0.39 is 0 Å². The Morgan fingerprint density at radius 3 is 2.39 bits per heavy atom. The summed E-state index contributed by atoms with van der Waals surface area (Å²) in [5.74, 6) is 0.263. The van der Waals surface area contributed by atoms with Gasteiger partial charge in [0.15, 0.2) is 0 Å². The van der Waals surface area contributed by atoms with E-state index in [0.717, 1.165) is 36.9 Å². The van der Waals surface area contributed by atoms with E-state index in [9.17, 15) is 4.79 Å². The van der Waals surface area contributed by atoms with E-state index in [1.165, 1.54) is 12.2 Å². The molecule has 0 radical (unpaired) electrons. The summed E-state index contributed by atoms with van der Waals surface area (Å²) >= 11 is 5.54. The number of allylic oxidation sites excluding steroid dienone is 1. The van der Waals surface area contributed by atoms with Gasteiger partial charge in [-0.25, -0.2) is 0 Å². The third-order valence-electron chi connectivity index (χ3n) is 4.71. The van der Waals surface area contributed by atoms with Crippen LogP contribution in [0.3, 0.4) is 0 Å². The number of nitrogens with one attached hydrogen (secondary N) is 2. The molecule has 1 aromatic carbocycles. The third kappa shape index (κ3) is 8.78. The highest BCUT2D eigenvalue weighted by atomic mass is 35.5. The van der Waals surface area contributed by atoms with Gasteiger partial charge in [-0.15, -0.1) is 0 Å². The Morgan fingerprint density at radius 2 is 1.93 bits per heavy atom. The summed E-state index contributed by atoms with van der Waals surface area (Å²) in [6, 6.07) is 9.60. The minimum absolute atomic E-state index is 0.0875. The van der Waals surface area contributed by atoms with Crippen molar-refractivity contribution in [3.05, 3.63) is 47.5 Å². The van der Waals surface area contributed by atoms with Gasteiger partial charge in [0.25, 0.3) is 5.91 Å². The first-order valence-corrected chi connectivity index (χ1v) is 9.87. The maximum Gasteiger partial charge on any atom is 0.272 e. The number of benzene rings is 1. The summed E-state index contributed by atoms with van der Waals surface area (Å²) in [6.07, 6.45) is 7.73. The lowest BCUT2D eigenvalue weighted by Crippen LogP contribution is -2.47. The second-order valence-electron chi connectivity index (χ2n) is 6.64.